The Morgan fingerprint density at radius 1 is 1.13 bits per heavy atom. The van der Waals surface area contributed by atoms with E-state index in [2.05, 4.69) is 46.5 Å². The van der Waals surface area contributed by atoms with E-state index in [1.54, 1.807) is 16.4 Å². The third-order valence-electron chi connectivity index (χ3n) is 8.55. The topological polar surface area (TPSA) is 163 Å². The largest absolute Gasteiger partial charge is 0.480 e. The van der Waals surface area contributed by atoms with Crippen LogP contribution in [0.15, 0.2) is 38.0 Å². The van der Waals surface area contributed by atoms with E-state index in [9.17, 15) is 26.7 Å². The Balaban J connectivity index is 1.21. The van der Waals surface area contributed by atoms with Gasteiger partial charge < -0.3 is 15.7 Å². The molecule has 0 amide bonds. The normalized spacial score (nSPS) is 21.2. The first-order chi connectivity index (χ1) is 21.3. The molecule has 2 aromatic rings. The van der Waals surface area contributed by atoms with Gasteiger partial charge in [0.25, 0.3) is 10.0 Å². The van der Waals surface area contributed by atoms with E-state index >= 15 is 0 Å². The highest BCUT2D eigenvalue weighted by Crippen LogP contribution is 2.37. The van der Waals surface area contributed by atoms with Crippen molar-refractivity contribution >= 4 is 86.6 Å². The molecule has 2 aliphatic rings. The van der Waals surface area contributed by atoms with Gasteiger partial charge in [0.05, 0.1) is 0 Å². The van der Waals surface area contributed by atoms with Crippen LogP contribution in [0.3, 0.4) is 0 Å². The van der Waals surface area contributed by atoms with Gasteiger partial charge in [-0.3, -0.25) is 4.79 Å². The summed E-state index contributed by atoms with van der Waals surface area (Å²) in [5.74, 6) is 0.458. The SMILES string of the molecule is NCCCCC(NS(=O)(=O)c1ccc(N2CCC(CCCC3CCN(S(=O)(=O)c4cc(Br)c(Cl)s4)CC3)C(Br)C2)nc1)C(=O)O. The summed E-state index contributed by atoms with van der Waals surface area (Å²) in [7, 11) is -7.56. The summed E-state index contributed by atoms with van der Waals surface area (Å²) in [4.78, 5) is 18.3. The fourth-order valence-corrected chi connectivity index (χ4v) is 11.8. The van der Waals surface area contributed by atoms with Gasteiger partial charge in [0.15, 0.2) is 0 Å². The minimum atomic E-state index is -4.04. The van der Waals surface area contributed by atoms with Crippen molar-refractivity contribution in [1.29, 1.82) is 0 Å². The van der Waals surface area contributed by atoms with Gasteiger partial charge in [-0.25, -0.2) is 21.8 Å². The molecule has 17 heteroatoms. The first kappa shape index (κ1) is 37.0. The Morgan fingerprint density at radius 2 is 1.87 bits per heavy atom. The molecule has 4 heterocycles. The number of pyridine rings is 1. The van der Waals surface area contributed by atoms with Crippen molar-refractivity contribution in [3.8, 4) is 0 Å². The fourth-order valence-electron chi connectivity index (χ4n) is 5.87. The molecule has 2 aliphatic heterocycles. The van der Waals surface area contributed by atoms with Gasteiger partial charge >= 0.3 is 5.97 Å². The summed E-state index contributed by atoms with van der Waals surface area (Å²) in [5, 5.41) is 9.43. The summed E-state index contributed by atoms with van der Waals surface area (Å²) in [5.41, 5.74) is 5.46. The number of hydrogen-bond donors (Lipinski definition) is 3. The minimum Gasteiger partial charge on any atom is -0.480 e. The number of thiophene rings is 1. The first-order valence-electron chi connectivity index (χ1n) is 15.1. The van der Waals surface area contributed by atoms with Crippen LogP contribution in [-0.4, -0.2) is 80.8 Å². The molecular weight excluding hydrogens is 794 g/mol. The Labute approximate surface area is 291 Å². The number of hydrogen-bond acceptors (Lipinski definition) is 9. The molecule has 3 atom stereocenters. The highest BCUT2D eigenvalue weighted by molar-refractivity contribution is 9.10. The van der Waals surface area contributed by atoms with Gasteiger partial charge in [-0.2, -0.15) is 9.03 Å². The number of sulfonamides is 2. The Hall–Kier alpha value is -0.850. The second-order valence-electron chi connectivity index (χ2n) is 11.6. The molecule has 2 aromatic heterocycles. The van der Waals surface area contributed by atoms with E-state index in [1.165, 1.54) is 12.3 Å². The van der Waals surface area contributed by atoms with Gasteiger partial charge in [-0.15, -0.1) is 11.3 Å². The number of aromatic nitrogens is 1. The van der Waals surface area contributed by atoms with E-state index in [1.807, 2.05) is 0 Å². The monoisotopic (exact) mass is 831 g/mol. The number of unbranched alkanes of at least 4 members (excludes halogenated alkanes) is 1. The molecule has 11 nitrogen and oxygen atoms in total. The van der Waals surface area contributed by atoms with Crippen molar-refractivity contribution < 1.29 is 26.7 Å². The average Bonchev–Trinajstić information content (AvgIpc) is 3.36. The predicted octanol–water partition coefficient (Wildman–Crippen LogP) is 5.28. The molecule has 252 valence electrons. The second kappa shape index (κ2) is 16.5. The highest BCUT2D eigenvalue weighted by atomic mass is 79.9. The smallest absolute Gasteiger partial charge is 0.321 e. The van der Waals surface area contributed by atoms with Crippen LogP contribution in [0.5, 0.6) is 0 Å². The molecule has 0 bridgehead atoms. The van der Waals surface area contributed by atoms with Crippen LogP contribution in [0.1, 0.15) is 57.8 Å². The maximum absolute atomic E-state index is 13.0. The van der Waals surface area contributed by atoms with E-state index in [0.717, 1.165) is 63.0 Å². The number of anilines is 1. The summed E-state index contributed by atoms with van der Waals surface area (Å²) in [6.45, 7) is 3.00. The first-order valence-corrected chi connectivity index (χ1v) is 20.9. The van der Waals surface area contributed by atoms with Gasteiger partial charge in [-0.1, -0.05) is 46.8 Å². The van der Waals surface area contributed by atoms with Crippen molar-refractivity contribution in [2.24, 2.45) is 17.6 Å². The van der Waals surface area contributed by atoms with Crippen LogP contribution in [0.25, 0.3) is 0 Å². The number of nitrogens with one attached hydrogen (secondary N) is 1. The summed E-state index contributed by atoms with van der Waals surface area (Å²) >= 11 is 14.3. The number of nitrogens with zero attached hydrogens (tertiary/aromatic N) is 3. The van der Waals surface area contributed by atoms with Crippen LogP contribution in [-0.2, 0) is 24.8 Å². The lowest BCUT2D eigenvalue weighted by Gasteiger charge is -2.37. The number of carboxylic acids is 1. The van der Waals surface area contributed by atoms with Crippen molar-refractivity contribution in [2.45, 2.75) is 77.8 Å². The van der Waals surface area contributed by atoms with Crippen LogP contribution >= 0.6 is 54.8 Å². The number of carboxylic acid groups (broad SMARTS) is 1. The second-order valence-corrected chi connectivity index (χ2v) is 19.2. The molecule has 0 aliphatic carbocycles. The maximum atomic E-state index is 13.0. The molecule has 2 saturated heterocycles. The van der Waals surface area contributed by atoms with Gasteiger partial charge in [0.2, 0.25) is 10.0 Å². The zero-order valence-corrected chi connectivity index (χ0v) is 31.2. The Bertz CT molecular complexity index is 1490. The zero-order chi connectivity index (χ0) is 32.8. The summed E-state index contributed by atoms with van der Waals surface area (Å²) in [6, 6.07) is 3.48. The average molecular weight is 834 g/mol. The highest BCUT2D eigenvalue weighted by Gasteiger charge is 2.32. The van der Waals surface area contributed by atoms with Crippen molar-refractivity contribution in [3.63, 3.8) is 0 Å². The molecule has 4 N–H and O–H groups in total. The fraction of sp³-hybridized carbons (Fsp3) is 0.643. The number of nitrogens with two attached hydrogens (primary N) is 1. The molecule has 2 fully saturated rings. The van der Waals surface area contributed by atoms with Crippen LogP contribution < -0.4 is 15.4 Å². The van der Waals surface area contributed by atoms with Gasteiger partial charge in [-0.05, 0) is 91.0 Å². The molecule has 0 spiro atoms. The van der Waals surface area contributed by atoms with Gasteiger partial charge in [0.1, 0.15) is 25.3 Å². The van der Waals surface area contributed by atoms with Crippen LogP contribution in [0.2, 0.25) is 4.34 Å². The Morgan fingerprint density at radius 3 is 2.44 bits per heavy atom. The van der Waals surface area contributed by atoms with Gasteiger partial charge in [0, 0.05) is 41.7 Å². The number of alkyl halides is 1. The lowest BCUT2D eigenvalue weighted by atomic mass is 9.87. The van der Waals surface area contributed by atoms with E-state index < -0.39 is 32.1 Å². The molecule has 45 heavy (non-hydrogen) atoms. The van der Waals surface area contributed by atoms with E-state index in [-0.39, 0.29) is 20.4 Å². The number of carbonyl (C=O) groups is 1. The third-order valence-corrected chi connectivity index (χ3v) is 15.9. The van der Waals surface area contributed by atoms with Crippen LogP contribution in [0.4, 0.5) is 5.82 Å². The molecule has 3 unspecified atom stereocenters. The number of rotatable bonds is 15. The lowest BCUT2D eigenvalue weighted by molar-refractivity contribution is -0.139. The molecular formula is C28H40Br2ClN5O6S3. The van der Waals surface area contributed by atoms with E-state index in [0.29, 0.717) is 58.9 Å². The summed E-state index contributed by atoms with van der Waals surface area (Å²) < 4.78 is 56.8. The quantitative estimate of drug-likeness (QED) is 0.160. The molecule has 0 aromatic carbocycles. The number of piperidine rings is 2. The standard InChI is InChI=1S/C28H40Br2ClN5O6S3/c29-22-16-26(43-27(22)31)45(41,42)36-14-9-19(10-15-36)4-3-5-20-11-13-35(18-23(20)30)25-8-7-21(17-33-25)44(39,40)34-24(28(37)38)6-1-2-12-32/h7-8,16-17,19-20,23-24,34H,1-6,9-15,18,32H2,(H,37,38). The lowest BCUT2D eigenvalue weighted by Crippen LogP contribution is -2.42. The Kier molecular flexibility index (Phi) is 13.6. The molecule has 4 rings (SSSR count). The van der Waals surface area contributed by atoms with Crippen LogP contribution in [0, 0.1) is 11.8 Å². The van der Waals surface area contributed by atoms with E-state index in [4.69, 9.17) is 17.3 Å². The summed E-state index contributed by atoms with van der Waals surface area (Å²) in [6.07, 6.45) is 8.48. The van der Waals surface area contributed by atoms with Crippen molar-refractivity contribution in [1.82, 2.24) is 14.0 Å². The number of halogens is 3. The zero-order valence-electron chi connectivity index (χ0n) is 24.8. The van der Waals surface area contributed by atoms with Crippen molar-refractivity contribution in [3.05, 3.63) is 33.2 Å². The maximum Gasteiger partial charge on any atom is 0.321 e. The predicted molar refractivity (Wildman–Crippen MR) is 184 cm³/mol. The minimum absolute atomic E-state index is 0.0750. The molecule has 0 saturated carbocycles. The third kappa shape index (κ3) is 9.84. The number of aliphatic carboxylic acids is 1. The van der Waals surface area contributed by atoms with Crippen molar-refractivity contribution in [2.75, 3.05) is 37.6 Å². The molecule has 0 radical (unpaired) electrons.